The van der Waals surface area contributed by atoms with Crippen molar-refractivity contribution in [1.82, 2.24) is 0 Å². The van der Waals surface area contributed by atoms with Crippen LogP contribution in [0, 0.1) is 0 Å². The average Bonchev–Trinajstić information content (AvgIpc) is 2.26. The number of thiocarbonyl (C=S) groups is 2. The van der Waals surface area contributed by atoms with Gasteiger partial charge in [0, 0.05) is 33.6 Å². The number of rotatable bonds is 6. The standard InChI is InChI=1S/2C6H12OS2/c1-5(7-3)4-9-6(2)8;1-5(4-7-3)9-6(2)8/h2*5H,4H2,1-3H3. The van der Waals surface area contributed by atoms with Gasteiger partial charge >= 0.3 is 0 Å². The summed E-state index contributed by atoms with van der Waals surface area (Å²) in [4.78, 5) is 0. The molecule has 0 aromatic carbocycles. The summed E-state index contributed by atoms with van der Waals surface area (Å²) >= 11 is 13.1. The minimum Gasteiger partial charge on any atom is -0.384 e. The van der Waals surface area contributed by atoms with Gasteiger partial charge in [-0.15, -0.1) is 23.5 Å². The maximum absolute atomic E-state index is 5.02. The van der Waals surface area contributed by atoms with E-state index in [9.17, 15) is 0 Å². The molecule has 2 atom stereocenters. The van der Waals surface area contributed by atoms with Crippen LogP contribution in [0.15, 0.2) is 0 Å². The molecule has 0 fully saturated rings. The average molecular weight is 329 g/mol. The van der Waals surface area contributed by atoms with Gasteiger partial charge in [-0.05, 0) is 20.8 Å². The number of hydrogen-bond acceptors (Lipinski definition) is 6. The van der Waals surface area contributed by atoms with Crippen LogP contribution in [0.25, 0.3) is 0 Å². The van der Waals surface area contributed by atoms with Gasteiger partial charge in [-0.2, -0.15) is 0 Å². The van der Waals surface area contributed by atoms with Crippen molar-refractivity contribution in [2.75, 3.05) is 26.6 Å². The van der Waals surface area contributed by atoms with Gasteiger partial charge < -0.3 is 9.47 Å². The third-order valence-electron chi connectivity index (χ3n) is 1.69. The molecule has 2 unspecified atom stereocenters. The van der Waals surface area contributed by atoms with Crippen molar-refractivity contribution >= 4 is 56.4 Å². The largest absolute Gasteiger partial charge is 0.384 e. The summed E-state index contributed by atoms with van der Waals surface area (Å²) in [6, 6.07) is 0. The van der Waals surface area contributed by atoms with E-state index in [2.05, 4.69) is 6.92 Å². The zero-order chi connectivity index (χ0) is 14.6. The first-order chi connectivity index (χ1) is 8.33. The molecule has 6 heteroatoms. The number of hydrogen-bond donors (Lipinski definition) is 0. The van der Waals surface area contributed by atoms with E-state index in [4.69, 9.17) is 33.9 Å². The van der Waals surface area contributed by atoms with Gasteiger partial charge in [-0.3, -0.25) is 0 Å². The molecule has 0 aromatic heterocycles. The summed E-state index contributed by atoms with van der Waals surface area (Å²) in [5.41, 5.74) is 0. The zero-order valence-corrected chi connectivity index (χ0v) is 15.3. The maximum atomic E-state index is 5.02. The van der Waals surface area contributed by atoms with Gasteiger partial charge in [-0.25, -0.2) is 0 Å². The number of ether oxygens (including phenoxy) is 2. The highest BCUT2D eigenvalue weighted by molar-refractivity contribution is 8.23. The molecule has 0 saturated carbocycles. The summed E-state index contributed by atoms with van der Waals surface area (Å²) in [5, 5.41) is 0.493. The Bertz CT molecular complexity index is 234. The fourth-order valence-electron chi connectivity index (χ4n) is 0.855. The van der Waals surface area contributed by atoms with E-state index in [0.29, 0.717) is 11.4 Å². The molecule has 18 heavy (non-hydrogen) atoms. The molecule has 0 amide bonds. The Morgan fingerprint density at radius 1 is 1.11 bits per heavy atom. The van der Waals surface area contributed by atoms with Crippen molar-refractivity contribution in [2.45, 2.75) is 39.0 Å². The van der Waals surface area contributed by atoms with Crippen LogP contribution in [-0.2, 0) is 9.47 Å². The first kappa shape index (κ1) is 21.1. The Hall–Kier alpha value is 0.800. The Balaban J connectivity index is 0. The Morgan fingerprint density at radius 2 is 1.67 bits per heavy atom. The lowest BCUT2D eigenvalue weighted by molar-refractivity contribution is 0.138. The monoisotopic (exact) mass is 328 g/mol. The molecule has 0 spiro atoms. The van der Waals surface area contributed by atoms with Crippen LogP contribution in [0.3, 0.4) is 0 Å². The van der Waals surface area contributed by atoms with Gasteiger partial charge in [-0.1, -0.05) is 31.4 Å². The molecule has 0 N–H and O–H groups in total. The fourth-order valence-corrected chi connectivity index (χ4v) is 2.93. The first-order valence-corrected chi connectivity index (χ1v) is 8.33. The van der Waals surface area contributed by atoms with Crippen molar-refractivity contribution in [1.29, 1.82) is 0 Å². The number of thioether (sulfide) groups is 2. The molecule has 0 aromatic rings. The van der Waals surface area contributed by atoms with Crippen molar-refractivity contribution in [3.63, 3.8) is 0 Å². The van der Waals surface area contributed by atoms with Crippen LogP contribution in [0.1, 0.15) is 27.7 Å². The van der Waals surface area contributed by atoms with Gasteiger partial charge in [0.1, 0.15) is 0 Å². The molecule has 0 bridgehead atoms. The minimum absolute atomic E-state index is 0.313. The summed E-state index contributed by atoms with van der Waals surface area (Å²) in [7, 11) is 3.42. The quantitative estimate of drug-likeness (QED) is 0.675. The summed E-state index contributed by atoms with van der Waals surface area (Å²) in [6.07, 6.45) is 0.313. The van der Waals surface area contributed by atoms with Crippen LogP contribution in [-0.4, -0.2) is 46.3 Å². The highest BCUT2D eigenvalue weighted by Crippen LogP contribution is 2.11. The zero-order valence-electron chi connectivity index (χ0n) is 12.0. The molecule has 0 heterocycles. The van der Waals surface area contributed by atoms with E-state index in [1.54, 1.807) is 37.7 Å². The van der Waals surface area contributed by atoms with Crippen molar-refractivity contribution in [2.24, 2.45) is 0 Å². The third-order valence-corrected chi connectivity index (χ3v) is 4.25. The van der Waals surface area contributed by atoms with E-state index in [1.807, 2.05) is 20.8 Å². The molecule has 0 rings (SSSR count). The molecule has 0 aliphatic rings. The Kier molecular flexibility index (Phi) is 16.7. The normalized spacial score (nSPS) is 13.2. The summed E-state index contributed by atoms with van der Waals surface area (Å²) in [6.45, 7) is 8.78. The van der Waals surface area contributed by atoms with Gasteiger partial charge in [0.25, 0.3) is 0 Å². The smallest absolute Gasteiger partial charge is 0.0637 e. The first-order valence-electron chi connectivity index (χ1n) is 5.65. The topological polar surface area (TPSA) is 18.5 Å². The lowest BCUT2D eigenvalue weighted by Gasteiger charge is -2.06. The highest BCUT2D eigenvalue weighted by Gasteiger charge is 2.01. The van der Waals surface area contributed by atoms with Crippen LogP contribution >= 0.6 is 48.0 Å². The van der Waals surface area contributed by atoms with E-state index >= 15 is 0 Å². The van der Waals surface area contributed by atoms with Gasteiger partial charge in [0.2, 0.25) is 0 Å². The fraction of sp³-hybridized carbons (Fsp3) is 0.833. The van der Waals surface area contributed by atoms with Crippen LogP contribution in [0.5, 0.6) is 0 Å². The lowest BCUT2D eigenvalue weighted by Crippen LogP contribution is -2.08. The summed E-state index contributed by atoms with van der Waals surface area (Å²) in [5.74, 6) is 0.964. The van der Waals surface area contributed by atoms with Crippen LogP contribution in [0.2, 0.25) is 0 Å². The van der Waals surface area contributed by atoms with Crippen molar-refractivity contribution < 1.29 is 9.47 Å². The maximum Gasteiger partial charge on any atom is 0.0637 e. The van der Waals surface area contributed by atoms with E-state index < -0.39 is 0 Å². The second-order valence-electron chi connectivity index (χ2n) is 3.72. The van der Waals surface area contributed by atoms with Crippen LogP contribution < -0.4 is 0 Å². The molecule has 108 valence electrons. The summed E-state index contributed by atoms with van der Waals surface area (Å²) < 4.78 is 11.9. The van der Waals surface area contributed by atoms with E-state index in [0.717, 1.165) is 20.8 Å². The predicted molar refractivity (Wildman–Crippen MR) is 94.4 cm³/mol. The van der Waals surface area contributed by atoms with Gasteiger partial charge in [0.15, 0.2) is 0 Å². The molecular weight excluding hydrogens is 304 g/mol. The molecule has 0 aliphatic carbocycles. The van der Waals surface area contributed by atoms with E-state index in [-0.39, 0.29) is 0 Å². The predicted octanol–water partition coefficient (Wildman–Crippen LogP) is 4.20. The van der Waals surface area contributed by atoms with E-state index in [1.165, 1.54) is 0 Å². The lowest BCUT2D eigenvalue weighted by atomic mass is 10.5. The molecule has 0 saturated heterocycles. The molecule has 2 nitrogen and oxygen atoms in total. The Labute approximate surface area is 131 Å². The van der Waals surface area contributed by atoms with Gasteiger partial charge in [0.05, 0.1) is 12.7 Å². The third kappa shape index (κ3) is 19.1. The molecule has 0 aliphatic heterocycles. The molecule has 0 radical (unpaired) electrons. The van der Waals surface area contributed by atoms with Crippen molar-refractivity contribution in [3.8, 4) is 0 Å². The van der Waals surface area contributed by atoms with Crippen molar-refractivity contribution in [3.05, 3.63) is 0 Å². The van der Waals surface area contributed by atoms with Crippen LogP contribution in [0.4, 0.5) is 0 Å². The Morgan fingerprint density at radius 3 is 2.00 bits per heavy atom. The second-order valence-corrected chi connectivity index (χ2v) is 8.35. The number of methoxy groups -OCH3 is 2. The highest BCUT2D eigenvalue weighted by atomic mass is 32.2. The minimum atomic E-state index is 0.313. The second kappa shape index (κ2) is 14.2. The molecular formula is C12H24O2S4. The SMILES string of the molecule is COC(C)CSC(C)=S.COCC(C)SC(C)=S.